The zero-order valence-corrected chi connectivity index (χ0v) is 23.6. The smallest absolute Gasteiger partial charge is 0.411 e. The number of hydrogen-bond acceptors (Lipinski definition) is 6. The van der Waals surface area contributed by atoms with Crippen molar-refractivity contribution < 1.29 is 33.7 Å². The average molecular weight is 551 g/mol. The van der Waals surface area contributed by atoms with Crippen molar-refractivity contribution in [3.63, 3.8) is 0 Å². The van der Waals surface area contributed by atoms with E-state index in [0.29, 0.717) is 19.4 Å². The van der Waals surface area contributed by atoms with Gasteiger partial charge in [-0.05, 0) is 62.8 Å². The Balaban J connectivity index is 1.39. The fraction of sp³-hybridized carbons (Fsp3) is 0.516. The molecule has 2 aliphatic carbocycles. The third-order valence-corrected chi connectivity index (χ3v) is 8.13. The minimum Gasteiger partial charge on any atom is -0.479 e. The van der Waals surface area contributed by atoms with Crippen LogP contribution in [0.4, 0.5) is 9.59 Å². The number of hydrogen-bond donors (Lipinski definition) is 1. The van der Waals surface area contributed by atoms with Gasteiger partial charge >= 0.3 is 18.2 Å². The van der Waals surface area contributed by atoms with E-state index in [2.05, 4.69) is 12.1 Å². The van der Waals surface area contributed by atoms with Crippen LogP contribution in [0.3, 0.4) is 0 Å². The molecule has 2 fully saturated rings. The molecule has 1 atom stereocenters. The Morgan fingerprint density at radius 1 is 1.02 bits per heavy atom. The van der Waals surface area contributed by atoms with E-state index in [-0.39, 0.29) is 44.2 Å². The van der Waals surface area contributed by atoms with Gasteiger partial charge in [0.2, 0.25) is 0 Å². The second-order valence-corrected chi connectivity index (χ2v) is 11.9. The van der Waals surface area contributed by atoms with E-state index in [0.717, 1.165) is 22.3 Å². The molecule has 2 amide bonds. The van der Waals surface area contributed by atoms with Crippen LogP contribution in [0.2, 0.25) is 0 Å². The lowest BCUT2D eigenvalue weighted by atomic mass is 9.83. The Morgan fingerprint density at radius 2 is 1.62 bits per heavy atom. The number of carboxylic acids is 1. The van der Waals surface area contributed by atoms with Crippen molar-refractivity contribution in [1.29, 1.82) is 0 Å². The minimum absolute atomic E-state index is 0.0481. The van der Waals surface area contributed by atoms with Crippen LogP contribution in [0.15, 0.2) is 48.5 Å². The Hall–Kier alpha value is -3.59. The SMILES string of the molecule is CCOC1CC(N(C(=O)OCC2c3ccccc3-c3ccccc32)C2(C(=O)O)CCN(C(=O)OC(C)(C)C)C2)C1. The molecule has 0 radical (unpaired) electrons. The van der Waals surface area contributed by atoms with Crippen LogP contribution >= 0.6 is 0 Å². The van der Waals surface area contributed by atoms with Crippen molar-refractivity contribution in [2.45, 2.75) is 76.2 Å². The number of likely N-dealkylation sites (tertiary alicyclic amines) is 1. The molecule has 2 aromatic carbocycles. The molecular weight excluding hydrogens is 512 g/mol. The predicted molar refractivity (Wildman–Crippen MR) is 148 cm³/mol. The molecular formula is C31H38N2O7. The van der Waals surface area contributed by atoms with Gasteiger partial charge in [0, 0.05) is 31.5 Å². The summed E-state index contributed by atoms with van der Waals surface area (Å²) in [6.07, 6.45) is -0.215. The molecule has 9 heteroatoms. The molecule has 1 unspecified atom stereocenters. The zero-order chi connectivity index (χ0) is 28.7. The maximum atomic E-state index is 13.9. The van der Waals surface area contributed by atoms with E-state index in [9.17, 15) is 19.5 Å². The lowest BCUT2D eigenvalue weighted by Crippen LogP contribution is -2.65. The molecule has 0 aromatic heterocycles. The highest BCUT2D eigenvalue weighted by molar-refractivity contribution is 5.87. The van der Waals surface area contributed by atoms with Crippen LogP contribution < -0.4 is 0 Å². The zero-order valence-electron chi connectivity index (χ0n) is 23.6. The lowest BCUT2D eigenvalue weighted by Gasteiger charge is -2.48. The molecule has 5 rings (SSSR count). The highest BCUT2D eigenvalue weighted by Gasteiger charge is 2.57. The Labute approximate surface area is 235 Å². The highest BCUT2D eigenvalue weighted by Crippen LogP contribution is 2.45. The van der Waals surface area contributed by atoms with Crippen molar-refractivity contribution in [3.05, 3.63) is 59.7 Å². The number of fused-ring (bicyclic) bond motifs is 3. The van der Waals surface area contributed by atoms with E-state index >= 15 is 0 Å². The quantitative estimate of drug-likeness (QED) is 0.501. The molecule has 0 bridgehead atoms. The second kappa shape index (κ2) is 10.8. The summed E-state index contributed by atoms with van der Waals surface area (Å²) in [6, 6.07) is 15.8. The first-order valence-corrected chi connectivity index (χ1v) is 14.0. The van der Waals surface area contributed by atoms with Gasteiger partial charge in [0.25, 0.3) is 0 Å². The first kappa shape index (κ1) is 28.0. The maximum absolute atomic E-state index is 13.9. The van der Waals surface area contributed by atoms with Crippen LogP contribution in [-0.2, 0) is 19.0 Å². The van der Waals surface area contributed by atoms with E-state index in [1.165, 1.54) is 9.80 Å². The fourth-order valence-corrected chi connectivity index (χ4v) is 6.21. The van der Waals surface area contributed by atoms with Gasteiger partial charge in [-0.15, -0.1) is 0 Å². The number of ether oxygens (including phenoxy) is 3. The van der Waals surface area contributed by atoms with Gasteiger partial charge in [-0.3, -0.25) is 4.90 Å². The van der Waals surface area contributed by atoms with Crippen molar-refractivity contribution >= 4 is 18.2 Å². The standard InChI is InChI=1S/C31H38N2O7/c1-5-38-21-16-20(17-21)33(31(27(34)35)14-15-32(19-31)28(36)40-30(2,3)4)29(37)39-18-26-24-12-8-6-10-22(24)23-11-7-9-13-25(23)26/h6-13,20-21,26H,5,14-19H2,1-4H3,(H,34,35). The van der Waals surface area contributed by atoms with Crippen LogP contribution in [0, 0.1) is 0 Å². The molecule has 2 aromatic rings. The number of benzene rings is 2. The number of aliphatic carboxylic acids is 1. The summed E-state index contributed by atoms with van der Waals surface area (Å²) in [4.78, 5) is 42.4. The molecule has 1 saturated heterocycles. The number of carboxylic acid groups (broad SMARTS) is 1. The third kappa shape index (κ3) is 5.14. The normalized spacial score (nSPS) is 23.6. The summed E-state index contributed by atoms with van der Waals surface area (Å²) in [5, 5.41) is 10.5. The summed E-state index contributed by atoms with van der Waals surface area (Å²) in [7, 11) is 0. The summed E-state index contributed by atoms with van der Waals surface area (Å²) in [6.45, 7) is 7.80. The number of nitrogens with zero attached hydrogens (tertiary/aromatic N) is 2. The van der Waals surface area contributed by atoms with Gasteiger partial charge in [-0.1, -0.05) is 48.5 Å². The van der Waals surface area contributed by atoms with E-state index in [1.54, 1.807) is 20.8 Å². The van der Waals surface area contributed by atoms with Gasteiger partial charge in [0.05, 0.1) is 12.6 Å². The number of rotatable bonds is 7. The van der Waals surface area contributed by atoms with E-state index < -0.39 is 29.3 Å². The Morgan fingerprint density at radius 3 is 2.17 bits per heavy atom. The molecule has 0 spiro atoms. The topological polar surface area (TPSA) is 106 Å². The van der Waals surface area contributed by atoms with Crippen molar-refractivity contribution in [2.24, 2.45) is 0 Å². The van der Waals surface area contributed by atoms with Crippen LogP contribution in [0.1, 0.15) is 64.0 Å². The second-order valence-electron chi connectivity index (χ2n) is 11.9. The number of carbonyl (C=O) groups is 3. The van der Waals surface area contributed by atoms with Gasteiger partial charge in [-0.2, -0.15) is 0 Å². The van der Waals surface area contributed by atoms with E-state index in [1.807, 2.05) is 43.3 Å². The largest absolute Gasteiger partial charge is 0.479 e. The summed E-state index contributed by atoms with van der Waals surface area (Å²) in [5.74, 6) is -1.31. The molecule has 40 heavy (non-hydrogen) atoms. The summed E-state index contributed by atoms with van der Waals surface area (Å²) in [5.41, 5.74) is 2.03. The Bertz CT molecular complexity index is 1240. The number of carbonyl (C=O) groups excluding carboxylic acids is 2. The predicted octanol–water partition coefficient (Wildman–Crippen LogP) is 5.27. The monoisotopic (exact) mass is 550 g/mol. The molecule has 3 aliphatic rings. The highest BCUT2D eigenvalue weighted by atomic mass is 16.6. The average Bonchev–Trinajstić information content (AvgIpc) is 3.46. The lowest BCUT2D eigenvalue weighted by molar-refractivity contribution is -0.155. The molecule has 1 aliphatic heterocycles. The Kier molecular flexibility index (Phi) is 7.52. The minimum atomic E-state index is -1.62. The molecule has 1 saturated carbocycles. The molecule has 9 nitrogen and oxygen atoms in total. The summed E-state index contributed by atoms with van der Waals surface area (Å²) >= 11 is 0. The third-order valence-electron chi connectivity index (χ3n) is 8.13. The van der Waals surface area contributed by atoms with Gasteiger partial charge in [-0.25, -0.2) is 14.4 Å². The van der Waals surface area contributed by atoms with Crippen molar-refractivity contribution in [1.82, 2.24) is 9.80 Å². The van der Waals surface area contributed by atoms with Crippen LogP contribution in [-0.4, -0.2) is 82.7 Å². The fourth-order valence-electron chi connectivity index (χ4n) is 6.21. The summed E-state index contributed by atoms with van der Waals surface area (Å²) < 4.78 is 17.2. The maximum Gasteiger partial charge on any atom is 0.411 e. The van der Waals surface area contributed by atoms with Crippen LogP contribution in [0.5, 0.6) is 0 Å². The van der Waals surface area contributed by atoms with Gasteiger partial charge in [0.1, 0.15) is 12.2 Å². The van der Waals surface area contributed by atoms with Gasteiger partial charge < -0.3 is 24.2 Å². The molecule has 214 valence electrons. The van der Waals surface area contributed by atoms with Gasteiger partial charge in [0.15, 0.2) is 5.54 Å². The van der Waals surface area contributed by atoms with E-state index in [4.69, 9.17) is 14.2 Å². The van der Waals surface area contributed by atoms with Crippen molar-refractivity contribution in [3.8, 4) is 11.1 Å². The number of amides is 2. The molecule has 1 N–H and O–H groups in total. The first-order valence-electron chi connectivity index (χ1n) is 14.0. The van der Waals surface area contributed by atoms with Crippen molar-refractivity contribution in [2.75, 3.05) is 26.3 Å². The molecule has 1 heterocycles. The van der Waals surface area contributed by atoms with Crippen LogP contribution in [0.25, 0.3) is 11.1 Å². The first-order chi connectivity index (χ1) is 19.0.